The van der Waals surface area contributed by atoms with Crippen LogP contribution in [0.2, 0.25) is 0 Å². The van der Waals surface area contributed by atoms with Gasteiger partial charge in [0, 0.05) is 11.7 Å². The number of amides is 3. The smallest absolute Gasteiger partial charge is 0.408 e. The first-order valence-electron chi connectivity index (χ1n) is 13.8. The first kappa shape index (κ1) is 31.9. The summed E-state index contributed by atoms with van der Waals surface area (Å²) in [5.74, 6) is -0.199. The number of hydrogen-bond donors (Lipinski definition) is 2. The van der Waals surface area contributed by atoms with Gasteiger partial charge in [-0.2, -0.15) is 0 Å². The highest BCUT2D eigenvalue weighted by atomic mass is 16.6. The summed E-state index contributed by atoms with van der Waals surface area (Å²) in [7, 11) is 0. The Kier molecular flexibility index (Phi) is 11.1. The van der Waals surface area contributed by atoms with Crippen LogP contribution < -0.4 is 10.6 Å². The molecule has 0 aliphatic rings. The molecule has 2 aromatic carbocycles. The molecule has 39 heavy (non-hydrogen) atoms. The van der Waals surface area contributed by atoms with Crippen molar-refractivity contribution in [2.24, 2.45) is 5.92 Å². The maximum atomic E-state index is 14.2. The summed E-state index contributed by atoms with van der Waals surface area (Å²) in [6, 6.07) is 10.7. The maximum Gasteiger partial charge on any atom is 0.408 e. The zero-order chi connectivity index (χ0) is 29.5. The van der Waals surface area contributed by atoms with Gasteiger partial charge in [-0.15, -0.1) is 0 Å². The molecule has 0 saturated carbocycles. The van der Waals surface area contributed by atoms with Gasteiger partial charge in [0.2, 0.25) is 5.91 Å². The normalized spacial score (nSPS) is 13.0. The van der Waals surface area contributed by atoms with Crippen molar-refractivity contribution in [1.82, 2.24) is 10.2 Å². The van der Waals surface area contributed by atoms with Crippen LogP contribution in [0.3, 0.4) is 0 Å². The minimum Gasteiger partial charge on any atom is -0.444 e. The average molecular weight is 538 g/mol. The molecule has 0 aliphatic heterocycles. The van der Waals surface area contributed by atoms with E-state index >= 15 is 0 Å². The lowest BCUT2D eigenvalue weighted by Crippen LogP contribution is -2.50. The quantitative estimate of drug-likeness (QED) is 0.350. The largest absolute Gasteiger partial charge is 0.444 e. The number of rotatable bonds is 10. The molecular formula is C32H47N3O4. The molecule has 0 saturated heterocycles. The summed E-state index contributed by atoms with van der Waals surface area (Å²) in [6.45, 7) is 19.1. The minimum atomic E-state index is -0.890. The van der Waals surface area contributed by atoms with Gasteiger partial charge in [0.25, 0.3) is 5.91 Å². The van der Waals surface area contributed by atoms with Crippen LogP contribution in [0.15, 0.2) is 36.4 Å². The molecule has 0 radical (unpaired) electrons. The number of alkyl carbamates (subject to hydrolysis) is 1. The Bertz CT molecular complexity index is 1150. The highest BCUT2D eigenvalue weighted by Gasteiger charge is 2.36. The summed E-state index contributed by atoms with van der Waals surface area (Å²) in [5.41, 5.74) is 4.61. The van der Waals surface area contributed by atoms with E-state index in [1.54, 1.807) is 25.7 Å². The lowest BCUT2D eigenvalue weighted by Gasteiger charge is -2.37. The molecular weight excluding hydrogens is 490 g/mol. The fourth-order valence-electron chi connectivity index (χ4n) is 4.59. The van der Waals surface area contributed by atoms with E-state index in [1.807, 2.05) is 71.0 Å². The molecule has 2 atom stereocenters. The molecule has 0 aromatic heterocycles. The van der Waals surface area contributed by atoms with E-state index in [4.69, 9.17) is 4.74 Å². The second-order valence-electron chi connectivity index (χ2n) is 12.0. The Morgan fingerprint density at radius 2 is 1.51 bits per heavy atom. The van der Waals surface area contributed by atoms with Crippen molar-refractivity contribution in [3.63, 3.8) is 0 Å². The van der Waals surface area contributed by atoms with Gasteiger partial charge in [0.05, 0.1) is 0 Å². The van der Waals surface area contributed by atoms with Crippen LogP contribution in [0.5, 0.6) is 0 Å². The molecule has 2 N–H and O–H groups in total. The van der Waals surface area contributed by atoms with E-state index in [0.29, 0.717) is 12.3 Å². The van der Waals surface area contributed by atoms with Crippen molar-refractivity contribution in [1.29, 1.82) is 0 Å². The number of para-hydroxylation sites is 1. The van der Waals surface area contributed by atoms with Gasteiger partial charge in [-0.1, -0.05) is 55.8 Å². The molecule has 7 heteroatoms. The Labute approximate surface area is 234 Å². The number of carbonyl (C=O) groups is 3. The molecule has 0 spiro atoms. The van der Waals surface area contributed by atoms with Gasteiger partial charge in [-0.3, -0.25) is 9.59 Å². The molecule has 0 aliphatic carbocycles. The SMILES string of the molecule is Cc1ccc(C)c(C(C(=O)Nc2c(C)cccc2C)N(C(=O)CNC(=O)OC(C)(C)C)C(C)CCC(C)C)c1. The molecule has 2 rings (SSSR count). The van der Waals surface area contributed by atoms with Crippen LogP contribution in [0.25, 0.3) is 0 Å². The summed E-state index contributed by atoms with van der Waals surface area (Å²) in [4.78, 5) is 42.1. The number of aryl methyl sites for hydroxylation is 4. The van der Waals surface area contributed by atoms with Crippen molar-refractivity contribution in [3.05, 3.63) is 64.2 Å². The number of ether oxygens (including phenoxy) is 1. The molecule has 7 nitrogen and oxygen atoms in total. The average Bonchev–Trinajstić information content (AvgIpc) is 2.82. The Balaban J connectivity index is 2.56. The van der Waals surface area contributed by atoms with E-state index in [0.717, 1.165) is 39.9 Å². The first-order chi connectivity index (χ1) is 18.1. The van der Waals surface area contributed by atoms with E-state index in [1.165, 1.54) is 0 Å². The summed E-state index contributed by atoms with van der Waals surface area (Å²) < 4.78 is 5.34. The first-order valence-corrected chi connectivity index (χ1v) is 13.8. The number of hydrogen-bond acceptors (Lipinski definition) is 4. The summed E-state index contributed by atoms with van der Waals surface area (Å²) >= 11 is 0. The third-order valence-electron chi connectivity index (χ3n) is 6.69. The van der Waals surface area contributed by atoms with Gasteiger partial charge in [0.15, 0.2) is 0 Å². The number of benzene rings is 2. The zero-order valence-corrected chi connectivity index (χ0v) is 25.4. The standard InChI is InChI=1S/C32H47N3O4/c1-20(2)14-17-25(7)35(27(36)19-33-31(38)39-32(8,9)10)29(26-18-21(3)15-16-22(26)4)30(37)34-28-23(5)12-11-13-24(28)6/h11-13,15-16,18,20,25,29H,14,17,19H2,1-10H3,(H,33,38)(H,34,37). The van der Waals surface area contributed by atoms with Crippen LogP contribution in [0.1, 0.15) is 88.2 Å². The van der Waals surface area contributed by atoms with Gasteiger partial charge < -0.3 is 20.3 Å². The lowest BCUT2D eigenvalue weighted by atomic mass is 9.94. The highest BCUT2D eigenvalue weighted by Crippen LogP contribution is 2.31. The van der Waals surface area contributed by atoms with Crippen molar-refractivity contribution < 1.29 is 19.1 Å². The van der Waals surface area contributed by atoms with Gasteiger partial charge >= 0.3 is 6.09 Å². The van der Waals surface area contributed by atoms with Crippen molar-refractivity contribution in [2.75, 3.05) is 11.9 Å². The van der Waals surface area contributed by atoms with Crippen molar-refractivity contribution >= 4 is 23.6 Å². The van der Waals surface area contributed by atoms with E-state index in [9.17, 15) is 14.4 Å². The number of carbonyl (C=O) groups excluding carboxylic acids is 3. The number of anilines is 1. The lowest BCUT2D eigenvalue weighted by molar-refractivity contribution is -0.141. The topological polar surface area (TPSA) is 87.7 Å². The van der Waals surface area contributed by atoms with Crippen LogP contribution in [0, 0.1) is 33.6 Å². The van der Waals surface area contributed by atoms with E-state index in [2.05, 4.69) is 24.5 Å². The number of nitrogens with one attached hydrogen (secondary N) is 2. The third-order valence-corrected chi connectivity index (χ3v) is 6.69. The molecule has 2 aromatic rings. The molecule has 0 bridgehead atoms. The molecule has 0 fully saturated rings. The van der Waals surface area contributed by atoms with Crippen molar-refractivity contribution in [3.8, 4) is 0 Å². The predicted molar refractivity (Wildman–Crippen MR) is 158 cm³/mol. The second kappa shape index (κ2) is 13.6. The maximum absolute atomic E-state index is 14.2. The van der Waals surface area contributed by atoms with E-state index in [-0.39, 0.29) is 24.4 Å². The van der Waals surface area contributed by atoms with Gasteiger partial charge in [0.1, 0.15) is 18.2 Å². The highest BCUT2D eigenvalue weighted by molar-refractivity contribution is 5.99. The fourth-order valence-corrected chi connectivity index (χ4v) is 4.59. The summed E-state index contributed by atoms with van der Waals surface area (Å²) in [5, 5.41) is 5.72. The van der Waals surface area contributed by atoms with Crippen LogP contribution >= 0.6 is 0 Å². The van der Waals surface area contributed by atoms with Crippen molar-refractivity contribution in [2.45, 2.75) is 99.8 Å². The third kappa shape index (κ3) is 9.41. The Morgan fingerprint density at radius 1 is 0.897 bits per heavy atom. The van der Waals surface area contributed by atoms with Crippen LogP contribution in [0.4, 0.5) is 10.5 Å². The molecule has 3 amide bonds. The fraction of sp³-hybridized carbons (Fsp3) is 0.531. The molecule has 214 valence electrons. The monoisotopic (exact) mass is 537 g/mol. The van der Waals surface area contributed by atoms with Crippen LogP contribution in [-0.2, 0) is 14.3 Å². The molecule has 2 unspecified atom stereocenters. The van der Waals surface area contributed by atoms with Gasteiger partial charge in [-0.05, 0) is 96.4 Å². The molecule has 0 heterocycles. The summed E-state index contributed by atoms with van der Waals surface area (Å²) in [6.07, 6.45) is 0.935. The van der Waals surface area contributed by atoms with E-state index < -0.39 is 17.7 Å². The van der Waals surface area contributed by atoms with Crippen LogP contribution in [-0.4, -0.2) is 41.0 Å². The minimum absolute atomic E-state index is 0.256. The zero-order valence-electron chi connectivity index (χ0n) is 25.4. The second-order valence-corrected chi connectivity index (χ2v) is 12.0. The number of nitrogens with zero attached hydrogens (tertiary/aromatic N) is 1. The predicted octanol–water partition coefficient (Wildman–Crippen LogP) is 6.78. The van der Waals surface area contributed by atoms with Gasteiger partial charge in [-0.25, -0.2) is 4.79 Å². The Morgan fingerprint density at radius 3 is 2.08 bits per heavy atom. The Hall–Kier alpha value is -3.35.